The van der Waals surface area contributed by atoms with E-state index in [9.17, 15) is 0 Å². The van der Waals surface area contributed by atoms with E-state index >= 15 is 0 Å². The maximum atomic E-state index is 5.22. The molecule has 0 saturated heterocycles. The Balaban J connectivity index is 1.03. The van der Waals surface area contributed by atoms with Crippen LogP contribution in [-0.4, -0.2) is 14.8 Å². The van der Waals surface area contributed by atoms with E-state index in [0.29, 0.717) is 5.82 Å². The van der Waals surface area contributed by atoms with Crippen LogP contribution in [0.15, 0.2) is 176 Å². The average Bonchev–Trinajstić information content (AvgIpc) is 3.68. The number of nitrogens with zero attached hydrogens (tertiary/aromatic N) is 5. The van der Waals surface area contributed by atoms with Crippen molar-refractivity contribution in [2.45, 2.75) is 38.5 Å². The van der Waals surface area contributed by atoms with Crippen LogP contribution in [0, 0.1) is 0 Å². The predicted octanol–water partition coefficient (Wildman–Crippen LogP) is 12.8. The molecule has 2 aliphatic rings. The van der Waals surface area contributed by atoms with Gasteiger partial charge >= 0.3 is 0 Å². The number of rotatable bonds is 5. The molecule has 2 aliphatic heterocycles. The van der Waals surface area contributed by atoms with Crippen LogP contribution >= 0.6 is 0 Å². The molecule has 0 bridgehead atoms. The number of anilines is 6. The maximum absolute atomic E-state index is 5.22. The second-order valence-corrected chi connectivity index (χ2v) is 15.6. The van der Waals surface area contributed by atoms with Gasteiger partial charge in [-0.1, -0.05) is 119 Å². The Morgan fingerprint density at radius 2 is 0.727 bits per heavy atom. The third kappa shape index (κ3) is 5.14. The summed E-state index contributed by atoms with van der Waals surface area (Å²) in [5, 5.41) is 5.13. The molecule has 0 N–H and O–H groups in total. The molecule has 55 heavy (non-hydrogen) atoms. The summed E-state index contributed by atoms with van der Waals surface area (Å²) in [6.07, 6.45) is 0. The van der Waals surface area contributed by atoms with Crippen LogP contribution < -0.4 is 9.80 Å². The molecule has 0 saturated carbocycles. The van der Waals surface area contributed by atoms with Gasteiger partial charge in [-0.2, -0.15) is 0 Å². The lowest BCUT2D eigenvalue weighted by atomic mass is 9.73. The van der Waals surface area contributed by atoms with Gasteiger partial charge in [-0.25, -0.2) is 9.67 Å². The van der Waals surface area contributed by atoms with Crippen molar-refractivity contribution in [1.29, 1.82) is 0 Å². The van der Waals surface area contributed by atoms with Crippen LogP contribution in [0.2, 0.25) is 0 Å². The third-order valence-electron chi connectivity index (χ3n) is 11.6. The van der Waals surface area contributed by atoms with E-state index in [4.69, 9.17) is 10.1 Å². The van der Waals surface area contributed by atoms with Gasteiger partial charge in [0, 0.05) is 33.3 Å². The summed E-state index contributed by atoms with van der Waals surface area (Å²) in [6.45, 7) is 9.27. The van der Waals surface area contributed by atoms with Crippen LogP contribution in [-0.2, 0) is 10.8 Å². The van der Waals surface area contributed by atoms with Crippen molar-refractivity contribution in [3.63, 3.8) is 0 Å². The number of aromatic nitrogens is 3. The molecule has 0 fully saturated rings. The van der Waals surface area contributed by atoms with E-state index in [1.807, 2.05) is 22.9 Å². The average molecular weight is 712 g/mol. The SMILES string of the molecule is CC1(C)c2ccccc2N(c2ccc(-c3nc(-c4ccc(N5c6ccccc6C(C)(C)c6ccccc65)cc4)n(-c4ccccc4)n3)cc2)c2ccccc21. The van der Waals surface area contributed by atoms with E-state index < -0.39 is 0 Å². The van der Waals surface area contributed by atoms with Gasteiger partial charge in [-0.3, -0.25) is 0 Å². The van der Waals surface area contributed by atoms with Crippen molar-refractivity contribution < 1.29 is 0 Å². The standard InChI is InChI=1S/C50H41N5/c1-49(2)39-18-8-12-22-43(39)53(44-23-13-9-19-40(44)49)36-30-26-34(27-31-36)47-51-48(55(52-47)38-16-6-5-7-17-38)35-28-32-37(33-29-35)54-45-24-14-10-20-41(45)50(3,4)42-21-11-15-25-46(42)54/h5-33H,1-4H3. The highest BCUT2D eigenvalue weighted by molar-refractivity contribution is 5.88. The molecule has 5 nitrogen and oxygen atoms in total. The van der Waals surface area contributed by atoms with Gasteiger partial charge in [0.1, 0.15) is 0 Å². The largest absolute Gasteiger partial charge is 0.310 e. The molecule has 0 amide bonds. The zero-order valence-electron chi connectivity index (χ0n) is 31.5. The summed E-state index contributed by atoms with van der Waals surface area (Å²) in [5.41, 5.74) is 15.0. The molecule has 0 radical (unpaired) electrons. The minimum Gasteiger partial charge on any atom is -0.310 e. The normalized spacial score (nSPS) is 14.8. The second-order valence-electron chi connectivity index (χ2n) is 15.6. The van der Waals surface area contributed by atoms with Gasteiger partial charge in [-0.05, 0) is 107 Å². The Bertz CT molecular complexity index is 2610. The first-order valence-corrected chi connectivity index (χ1v) is 19.0. The van der Waals surface area contributed by atoms with E-state index in [0.717, 1.165) is 34.0 Å². The first-order valence-electron chi connectivity index (χ1n) is 19.0. The van der Waals surface area contributed by atoms with Crippen molar-refractivity contribution in [2.75, 3.05) is 9.80 Å². The summed E-state index contributed by atoms with van der Waals surface area (Å²) in [6, 6.07) is 62.7. The molecule has 0 spiro atoms. The molecule has 3 heterocycles. The lowest BCUT2D eigenvalue weighted by molar-refractivity contribution is 0.632. The van der Waals surface area contributed by atoms with Gasteiger partial charge in [0.05, 0.1) is 28.4 Å². The maximum Gasteiger partial charge on any atom is 0.182 e. The van der Waals surface area contributed by atoms with Gasteiger partial charge < -0.3 is 9.80 Å². The molecule has 5 heteroatoms. The highest BCUT2D eigenvalue weighted by Crippen LogP contribution is 2.53. The second kappa shape index (κ2) is 12.4. The minimum atomic E-state index is -0.107. The van der Waals surface area contributed by atoms with E-state index in [1.165, 1.54) is 45.0 Å². The molecular weight excluding hydrogens is 671 g/mol. The molecule has 7 aromatic carbocycles. The number of fused-ring (bicyclic) bond motifs is 4. The van der Waals surface area contributed by atoms with Crippen LogP contribution in [0.3, 0.4) is 0 Å². The zero-order valence-corrected chi connectivity index (χ0v) is 31.5. The Labute approximate surface area is 322 Å². The smallest absolute Gasteiger partial charge is 0.182 e. The van der Waals surface area contributed by atoms with Crippen LogP contribution in [0.1, 0.15) is 49.9 Å². The van der Waals surface area contributed by atoms with Crippen molar-refractivity contribution in [1.82, 2.24) is 14.8 Å². The number of para-hydroxylation sites is 5. The fourth-order valence-corrected chi connectivity index (χ4v) is 8.78. The highest BCUT2D eigenvalue weighted by Gasteiger charge is 2.38. The topological polar surface area (TPSA) is 37.2 Å². The monoisotopic (exact) mass is 711 g/mol. The van der Waals surface area contributed by atoms with Crippen LogP contribution in [0.4, 0.5) is 34.1 Å². The third-order valence-corrected chi connectivity index (χ3v) is 11.6. The summed E-state index contributed by atoms with van der Waals surface area (Å²) in [7, 11) is 0. The molecule has 8 aromatic rings. The van der Waals surface area contributed by atoms with Gasteiger partial charge in [0.25, 0.3) is 0 Å². The summed E-state index contributed by atoms with van der Waals surface area (Å²) >= 11 is 0. The number of hydrogen-bond acceptors (Lipinski definition) is 4. The quantitative estimate of drug-likeness (QED) is 0.178. The van der Waals surface area contributed by atoms with Crippen molar-refractivity contribution in [2.24, 2.45) is 0 Å². The molecule has 10 rings (SSSR count). The molecular formula is C50H41N5. The Kier molecular flexibility index (Phi) is 7.43. The number of benzene rings is 7. The van der Waals surface area contributed by atoms with Crippen molar-refractivity contribution in [3.8, 4) is 28.5 Å². The molecule has 0 unspecified atom stereocenters. The minimum absolute atomic E-state index is 0.105. The summed E-state index contributed by atoms with van der Waals surface area (Å²) < 4.78 is 1.96. The Morgan fingerprint density at radius 3 is 1.15 bits per heavy atom. The molecule has 266 valence electrons. The zero-order chi connectivity index (χ0) is 37.3. The van der Waals surface area contributed by atoms with Gasteiger partial charge in [0.2, 0.25) is 0 Å². The molecule has 0 atom stereocenters. The van der Waals surface area contributed by atoms with Crippen LogP contribution in [0.5, 0.6) is 0 Å². The van der Waals surface area contributed by atoms with E-state index in [-0.39, 0.29) is 10.8 Å². The number of hydrogen-bond donors (Lipinski definition) is 0. The fourth-order valence-electron chi connectivity index (χ4n) is 8.78. The predicted molar refractivity (Wildman–Crippen MR) is 226 cm³/mol. The first kappa shape index (κ1) is 32.9. The Morgan fingerprint density at radius 1 is 0.364 bits per heavy atom. The first-order chi connectivity index (χ1) is 26.8. The summed E-state index contributed by atoms with van der Waals surface area (Å²) in [5.74, 6) is 1.47. The van der Waals surface area contributed by atoms with Crippen molar-refractivity contribution >= 4 is 34.1 Å². The van der Waals surface area contributed by atoms with Gasteiger partial charge in [-0.15, -0.1) is 5.10 Å². The highest BCUT2D eigenvalue weighted by atomic mass is 15.4. The van der Waals surface area contributed by atoms with Crippen LogP contribution in [0.25, 0.3) is 28.5 Å². The lowest BCUT2D eigenvalue weighted by Crippen LogP contribution is -2.30. The van der Waals surface area contributed by atoms with E-state index in [1.54, 1.807) is 0 Å². The molecule has 1 aromatic heterocycles. The van der Waals surface area contributed by atoms with E-state index in [2.05, 4.69) is 195 Å². The summed E-state index contributed by atoms with van der Waals surface area (Å²) in [4.78, 5) is 9.98. The Hall–Kier alpha value is -6.72. The van der Waals surface area contributed by atoms with Crippen molar-refractivity contribution in [3.05, 3.63) is 198 Å². The molecule has 0 aliphatic carbocycles. The van der Waals surface area contributed by atoms with Gasteiger partial charge in [0.15, 0.2) is 11.6 Å². The lowest BCUT2D eigenvalue weighted by Gasteiger charge is -2.42. The fraction of sp³-hybridized carbons (Fsp3) is 0.120.